The number of nitrogens with one attached hydrogen (secondary N) is 1. The predicted octanol–water partition coefficient (Wildman–Crippen LogP) is -0.835. The van der Waals surface area contributed by atoms with Gasteiger partial charge < -0.3 is 16.2 Å². The van der Waals surface area contributed by atoms with Gasteiger partial charge in [0.15, 0.2) is 0 Å². The van der Waals surface area contributed by atoms with E-state index in [1.54, 1.807) is 24.1 Å². The summed E-state index contributed by atoms with van der Waals surface area (Å²) in [6.07, 6.45) is 3.28. The number of aliphatic hydroxyl groups is 1. The standard InChI is InChI=1S/C10H18N4O2/c1-7(6-15)3-12-10(16)9(11)8-4-13-14(2)5-8/h4-5,7,9,15H,3,6,11H2,1-2H3,(H,12,16). The summed E-state index contributed by atoms with van der Waals surface area (Å²) < 4.78 is 1.60. The van der Waals surface area contributed by atoms with E-state index in [9.17, 15) is 4.79 Å². The average molecular weight is 226 g/mol. The van der Waals surface area contributed by atoms with Gasteiger partial charge in [0.2, 0.25) is 5.91 Å². The molecule has 0 spiro atoms. The van der Waals surface area contributed by atoms with E-state index < -0.39 is 6.04 Å². The number of rotatable bonds is 5. The third kappa shape index (κ3) is 3.32. The first-order chi connectivity index (χ1) is 7.54. The molecule has 0 aliphatic carbocycles. The van der Waals surface area contributed by atoms with Gasteiger partial charge in [-0.3, -0.25) is 9.48 Å². The second-order valence-electron chi connectivity index (χ2n) is 3.96. The molecule has 16 heavy (non-hydrogen) atoms. The Hall–Kier alpha value is -1.40. The SMILES string of the molecule is CC(CO)CNC(=O)C(N)c1cnn(C)c1. The number of hydrogen-bond acceptors (Lipinski definition) is 4. The van der Waals surface area contributed by atoms with Gasteiger partial charge >= 0.3 is 0 Å². The summed E-state index contributed by atoms with van der Waals surface area (Å²) in [5.41, 5.74) is 6.43. The molecule has 1 aromatic rings. The molecule has 0 aromatic carbocycles. The lowest BCUT2D eigenvalue weighted by molar-refractivity contribution is -0.122. The van der Waals surface area contributed by atoms with Crippen molar-refractivity contribution in [1.82, 2.24) is 15.1 Å². The first-order valence-electron chi connectivity index (χ1n) is 5.17. The summed E-state index contributed by atoms with van der Waals surface area (Å²) >= 11 is 0. The summed E-state index contributed by atoms with van der Waals surface area (Å²) in [6.45, 7) is 2.31. The van der Waals surface area contributed by atoms with Crippen molar-refractivity contribution < 1.29 is 9.90 Å². The van der Waals surface area contributed by atoms with Gasteiger partial charge in [-0.05, 0) is 5.92 Å². The van der Waals surface area contributed by atoms with Gasteiger partial charge in [-0.1, -0.05) is 6.92 Å². The van der Waals surface area contributed by atoms with Crippen molar-refractivity contribution in [2.45, 2.75) is 13.0 Å². The van der Waals surface area contributed by atoms with Crippen molar-refractivity contribution >= 4 is 5.91 Å². The minimum absolute atomic E-state index is 0.0325. The highest BCUT2D eigenvalue weighted by atomic mass is 16.3. The van der Waals surface area contributed by atoms with Crippen LogP contribution in [0.2, 0.25) is 0 Å². The molecule has 90 valence electrons. The minimum atomic E-state index is -0.709. The number of aromatic nitrogens is 2. The molecule has 0 aliphatic rings. The van der Waals surface area contributed by atoms with E-state index in [0.29, 0.717) is 12.1 Å². The van der Waals surface area contributed by atoms with E-state index in [2.05, 4.69) is 10.4 Å². The van der Waals surface area contributed by atoms with Crippen LogP contribution in [0.4, 0.5) is 0 Å². The highest BCUT2D eigenvalue weighted by Crippen LogP contribution is 2.08. The van der Waals surface area contributed by atoms with Crippen molar-refractivity contribution in [2.24, 2.45) is 18.7 Å². The molecule has 6 heteroatoms. The molecule has 2 unspecified atom stereocenters. The molecule has 1 amide bonds. The molecule has 0 fully saturated rings. The first kappa shape index (κ1) is 12.7. The molecule has 1 aromatic heterocycles. The number of nitrogens with two attached hydrogens (primary N) is 1. The van der Waals surface area contributed by atoms with Crippen LogP contribution in [0, 0.1) is 5.92 Å². The topological polar surface area (TPSA) is 93.2 Å². The van der Waals surface area contributed by atoms with Crippen molar-refractivity contribution in [2.75, 3.05) is 13.2 Å². The lowest BCUT2D eigenvalue weighted by Gasteiger charge is -2.13. The van der Waals surface area contributed by atoms with E-state index in [0.717, 1.165) is 0 Å². The Balaban J connectivity index is 2.48. The van der Waals surface area contributed by atoms with Gasteiger partial charge in [-0.2, -0.15) is 5.10 Å². The molecule has 1 rings (SSSR count). The molecule has 0 aliphatic heterocycles. The van der Waals surface area contributed by atoms with Gasteiger partial charge in [0.25, 0.3) is 0 Å². The second-order valence-corrected chi connectivity index (χ2v) is 3.96. The molecule has 4 N–H and O–H groups in total. The first-order valence-corrected chi connectivity index (χ1v) is 5.17. The number of aliphatic hydroxyl groups excluding tert-OH is 1. The highest BCUT2D eigenvalue weighted by molar-refractivity contribution is 5.82. The molecule has 0 radical (unpaired) electrons. The largest absolute Gasteiger partial charge is 0.396 e. The van der Waals surface area contributed by atoms with Crippen LogP contribution in [0.1, 0.15) is 18.5 Å². The predicted molar refractivity (Wildman–Crippen MR) is 59.4 cm³/mol. The maximum absolute atomic E-state index is 11.6. The Morgan fingerprint density at radius 2 is 2.44 bits per heavy atom. The van der Waals surface area contributed by atoms with Gasteiger partial charge in [0.05, 0.1) is 6.20 Å². The maximum Gasteiger partial charge on any atom is 0.241 e. The summed E-state index contributed by atoms with van der Waals surface area (Å²) in [6, 6.07) is -0.709. The van der Waals surface area contributed by atoms with Crippen LogP contribution in [0.3, 0.4) is 0 Å². The van der Waals surface area contributed by atoms with Crippen LogP contribution < -0.4 is 11.1 Å². The van der Waals surface area contributed by atoms with E-state index >= 15 is 0 Å². The Labute approximate surface area is 94.4 Å². The second kappa shape index (κ2) is 5.62. The monoisotopic (exact) mass is 226 g/mol. The fraction of sp³-hybridized carbons (Fsp3) is 0.600. The summed E-state index contributed by atoms with van der Waals surface area (Å²) in [5, 5.41) is 15.4. The molecule has 0 saturated carbocycles. The number of amides is 1. The number of carbonyl (C=O) groups excluding carboxylic acids is 1. The number of nitrogens with zero attached hydrogens (tertiary/aromatic N) is 2. The van der Waals surface area contributed by atoms with Gasteiger partial charge in [0.1, 0.15) is 6.04 Å². The average Bonchev–Trinajstić information content (AvgIpc) is 2.71. The Morgan fingerprint density at radius 3 is 2.94 bits per heavy atom. The highest BCUT2D eigenvalue weighted by Gasteiger charge is 2.17. The quantitative estimate of drug-likeness (QED) is 0.610. The third-order valence-corrected chi connectivity index (χ3v) is 2.30. The maximum atomic E-state index is 11.6. The van der Waals surface area contributed by atoms with Crippen molar-refractivity contribution in [1.29, 1.82) is 0 Å². The number of aryl methyl sites for hydroxylation is 1. The Morgan fingerprint density at radius 1 is 1.75 bits per heavy atom. The summed E-state index contributed by atoms with van der Waals surface area (Å²) in [7, 11) is 1.77. The van der Waals surface area contributed by atoms with E-state index in [1.165, 1.54) is 0 Å². The third-order valence-electron chi connectivity index (χ3n) is 2.30. The van der Waals surface area contributed by atoms with Crippen LogP contribution in [0.15, 0.2) is 12.4 Å². The summed E-state index contributed by atoms with van der Waals surface area (Å²) in [4.78, 5) is 11.6. The molecular weight excluding hydrogens is 208 g/mol. The zero-order valence-corrected chi connectivity index (χ0v) is 9.55. The van der Waals surface area contributed by atoms with Gasteiger partial charge in [-0.25, -0.2) is 0 Å². The van der Waals surface area contributed by atoms with Crippen molar-refractivity contribution in [3.05, 3.63) is 18.0 Å². The molecule has 2 atom stereocenters. The van der Waals surface area contributed by atoms with Crippen molar-refractivity contribution in [3.63, 3.8) is 0 Å². The van der Waals surface area contributed by atoms with E-state index in [1.807, 2.05) is 6.92 Å². The fourth-order valence-corrected chi connectivity index (χ4v) is 1.20. The van der Waals surface area contributed by atoms with E-state index in [-0.39, 0.29) is 18.4 Å². The zero-order chi connectivity index (χ0) is 12.1. The normalized spacial score (nSPS) is 14.5. The Kier molecular flexibility index (Phi) is 4.45. The molecular formula is C10H18N4O2. The fourth-order valence-electron chi connectivity index (χ4n) is 1.20. The zero-order valence-electron chi connectivity index (χ0n) is 9.55. The van der Waals surface area contributed by atoms with Crippen LogP contribution >= 0.6 is 0 Å². The molecule has 1 heterocycles. The number of hydrogen-bond donors (Lipinski definition) is 3. The van der Waals surface area contributed by atoms with Crippen LogP contribution in [0.5, 0.6) is 0 Å². The molecule has 0 saturated heterocycles. The summed E-state index contributed by atoms with van der Waals surface area (Å²) in [5.74, 6) is -0.224. The van der Waals surface area contributed by atoms with E-state index in [4.69, 9.17) is 10.8 Å². The lowest BCUT2D eigenvalue weighted by Crippen LogP contribution is -2.36. The van der Waals surface area contributed by atoms with Gasteiger partial charge in [0, 0.05) is 32.0 Å². The smallest absolute Gasteiger partial charge is 0.241 e. The molecule has 0 bridgehead atoms. The van der Waals surface area contributed by atoms with Crippen LogP contribution in [-0.4, -0.2) is 33.9 Å². The van der Waals surface area contributed by atoms with Crippen molar-refractivity contribution in [3.8, 4) is 0 Å². The van der Waals surface area contributed by atoms with Gasteiger partial charge in [-0.15, -0.1) is 0 Å². The molecule has 6 nitrogen and oxygen atoms in total. The van der Waals surface area contributed by atoms with Crippen LogP contribution in [-0.2, 0) is 11.8 Å². The number of carbonyl (C=O) groups is 1. The minimum Gasteiger partial charge on any atom is -0.396 e. The lowest BCUT2D eigenvalue weighted by atomic mass is 10.1. The Bertz CT molecular complexity index is 350. The van der Waals surface area contributed by atoms with Crippen LogP contribution in [0.25, 0.3) is 0 Å².